The number of nitrogens with one attached hydrogen (secondary N) is 2. The number of guanidine groups is 1. The molecule has 124 valence electrons. The van der Waals surface area contributed by atoms with Crippen LogP contribution in [0.2, 0.25) is 0 Å². The van der Waals surface area contributed by atoms with Crippen molar-refractivity contribution in [3.63, 3.8) is 0 Å². The van der Waals surface area contributed by atoms with E-state index in [0.29, 0.717) is 37.8 Å². The highest BCUT2D eigenvalue weighted by Crippen LogP contribution is 2.28. The molecule has 0 radical (unpaired) electrons. The van der Waals surface area contributed by atoms with Gasteiger partial charge >= 0.3 is 6.18 Å². The Morgan fingerprint density at radius 3 is 2.68 bits per heavy atom. The Bertz CT molecular complexity index is 474. The summed E-state index contributed by atoms with van der Waals surface area (Å²) in [6.45, 7) is 5.12. The number of alkyl halides is 3. The van der Waals surface area contributed by atoms with Gasteiger partial charge in [-0.3, -0.25) is 4.99 Å². The van der Waals surface area contributed by atoms with Crippen LogP contribution >= 0.6 is 17.0 Å². The van der Waals surface area contributed by atoms with Gasteiger partial charge in [-0.15, -0.1) is 23.6 Å². The lowest BCUT2D eigenvalue weighted by molar-refractivity contribution is -0.137. The third-order valence-corrected chi connectivity index (χ3v) is 2.44. The SMILES string of the molecule is Br.C=CCNC(N)=NCCCNc1ccc(C(F)(F)F)cn1. The van der Waals surface area contributed by atoms with Crippen LogP contribution in [-0.2, 0) is 6.18 Å². The average Bonchev–Trinajstić information content (AvgIpc) is 2.44. The van der Waals surface area contributed by atoms with E-state index in [4.69, 9.17) is 5.73 Å². The Balaban J connectivity index is 0.00000441. The Kier molecular flexibility index (Phi) is 9.23. The van der Waals surface area contributed by atoms with E-state index in [1.807, 2.05) is 0 Å². The quantitative estimate of drug-likeness (QED) is 0.293. The molecule has 0 fully saturated rings. The summed E-state index contributed by atoms with van der Waals surface area (Å²) in [7, 11) is 0. The summed E-state index contributed by atoms with van der Waals surface area (Å²) in [5.41, 5.74) is 4.80. The van der Waals surface area contributed by atoms with E-state index in [2.05, 4.69) is 27.2 Å². The second kappa shape index (κ2) is 10.0. The third kappa shape index (κ3) is 7.87. The van der Waals surface area contributed by atoms with Gasteiger partial charge in [0, 0.05) is 25.8 Å². The van der Waals surface area contributed by atoms with E-state index in [-0.39, 0.29) is 17.0 Å². The molecule has 1 aromatic heterocycles. The van der Waals surface area contributed by atoms with Crippen molar-refractivity contribution in [2.45, 2.75) is 12.6 Å². The summed E-state index contributed by atoms with van der Waals surface area (Å²) in [5.74, 6) is 0.729. The van der Waals surface area contributed by atoms with Crippen molar-refractivity contribution in [1.29, 1.82) is 0 Å². The molecule has 9 heteroatoms. The number of rotatable bonds is 7. The molecule has 1 aromatic rings. The lowest BCUT2D eigenvalue weighted by Crippen LogP contribution is -2.31. The fraction of sp³-hybridized carbons (Fsp3) is 0.385. The van der Waals surface area contributed by atoms with Gasteiger partial charge in [0.05, 0.1) is 5.56 Å². The monoisotopic (exact) mass is 381 g/mol. The van der Waals surface area contributed by atoms with Gasteiger partial charge in [0.25, 0.3) is 0 Å². The zero-order chi connectivity index (χ0) is 15.7. The van der Waals surface area contributed by atoms with E-state index in [9.17, 15) is 13.2 Å². The molecule has 0 amide bonds. The van der Waals surface area contributed by atoms with E-state index < -0.39 is 11.7 Å². The Labute approximate surface area is 137 Å². The molecule has 5 nitrogen and oxygen atoms in total. The highest BCUT2D eigenvalue weighted by Gasteiger charge is 2.30. The van der Waals surface area contributed by atoms with Crippen LogP contribution in [-0.4, -0.2) is 30.6 Å². The van der Waals surface area contributed by atoms with Gasteiger partial charge in [0.2, 0.25) is 0 Å². The Morgan fingerprint density at radius 1 is 1.41 bits per heavy atom. The first kappa shape index (κ1) is 20.2. The summed E-state index contributed by atoms with van der Waals surface area (Å²) >= 11 is 0. The van der Waals surface area contributed by atoms with Gasteiger partial charge in [-0.1, -0.05) is 6.08 Å². The number of hydrogen-bond donors (Lipinski definition) is 3. The summed E-state index contributed by atoms with van der Waals surface area (Å²) < 4.78 is 37.0. The largest absolute Gasteiger partial charge is 0.417 e. The first-order chi connectivity index (χ1) is 9.93. The van der Waals surface area contributed by atoms with Crippen LogP contribution in [0.5, 0.6) is 0 Å². The smallest absolute Gasteiger partial charge is 0.370 e. The standard InChI is InChI=1S/C13H18F3N5.BrH/c1-2-6-19-12(17)20-8-3-7-18-11-5-4-10(9-21-11)13(14,15)16;/h2,4-5,9H,1,3,6-8H2,(H,18,21)(H3,17,19,20);1H. The molecular formula is C13H19BrF3N5. The molecule has 0 aliphatic heterocycles. The fourth-order valence-electron chi connectivity index (χ4n) is 1.39. The Hall–Kier alpha value is -1.77. The molecule has 0 spiro atoms. The van der Waals surface area contributed by atoms with Crippen molar-refractivity contribution in [3.05, 3.63) is 36.5 Å². The fourth-order valence-corrected chi connectivity index (χ4v) is 1.39. The lowest BCUT2D eigenvalue weighted by atomic mass is 10.3. The molecule has 0 aliphatic rings. The number of nitrogens with zero attached hydrogens (tertiary/aromatic N) is 2. The molecule has 0 bridgehead atoms. The number of nitrogens with two attached hydrogens (primary N) is 1. The van der Waals surface area contributed by atoms with E-state index in [1.165, 1.54) is 6.07 Å². The van der Waals surface area contributed by atoms with Crippen LogP contribution < -0.4 is 16.4 Å². The normalized spacial score (nSPS) is 11.5. The Morgan fingerprint density at radius 2 is 2.14 bits per heavy atom. The van der Waals surface area contributed by atoms with Gasteiger partial charge in [0.1, 0.15) is 5.82 Å². The molecule has 22 heavy (non-hydrogen) atoms. The number of hydrogen-bond acceptors (Lipinski definition) is 3. The van der Waals surface area contributed by atoms with Gasteiger partial charge in [-0.25, -0.2) is 4.98 Å². The molecule has 0 unspecified atom stereocenters. The molecule has 0 aromatic carbocycles. The highest BCUT2D eigenvalue weighted by atomic mass is 79.9. The van der Waals surface area contributed by atoms with Crippen LogP contribution in [0.4, 0.5) is 19.0 Å². The minimum atomic E-state index is -4.36. The van der Waals surface area contributed by atoms with Crippen molar-refractivity contribution in [2.24, 2.45) is 10.7 Å². The van der Waals surface area contributed by atoms with Gasteiger partial charge < -0.3 is 16.4 Å². The zero-order valence-corrected chi connectivity index (χ0v) is 13.6. The molecule has 0 atom stereocenters. The van der Waals surface area contributed by atoms with Crippen LogP contribution in [0.25, 0.3) is 0 Å². The number of aromatic nitrogens is 1. The van der Waals surface area contributed by atoms with Crippen LogP contribution in [0.1, 0.15) is 12.0 Å². The highest BCUT2D eigenvalue weighted by molar-refractivity contribution is 8.93. The number of halogens is 4. The summed E-state index contributed by atoms with van der Waals surface area (Å²) in [6, 6.07) is 2.29. The molecular weight excluding hydrogens is 363 g/mol. The van der Waals surface area contributed by atoms with E-state index >= 15 is 0 Å². The van der Waals surface area contributed by atoms with Gasteiger partial charge in [-0.2, -0.15) is 13.2 Å². The maximum atomic E-state index is 12.3. The zero-order valence-electron chi connectivity index (χ0n) is 11.9. The van der Waals surface area contributed by atoms with Crippen molar-refractivity contribution in [3.8, 4) is 0 Å². The summed E-state index contributed by atoms with van der Waals surface area (Å²) in [5, 5.41) is 5.75. The first-order valence-corrected chi connectivity index (χ1v) is 6.35. The van der Waals surface area contributed by atoms with Crippen molar-refractivity contribution >= 4 is 28.8 Å². The minimum absolute atomic E-state index is 0. The maximum Gasteiger partial charge on any atom is 0.417 e. The van der Waals surface area contributed by atoms with Crippen LogP contribution in [0, 0.1) is 0 Å². The van der Waals surface area contributed by atoms with Crippen molar-refractivity contribution < 1.29 is 13.2 Å². The number of pyridine rings is 1. The average molecular weight is 382 g/mol. The molecule has 0 saturated heterocycles. The topological polar surface area (TPSA) is 75.3 Å². The molecule has 0 aliphatic carbocycles. The molecule has 4 N–H and O–H groups in total. The minimum Gasteiger partial charge on any atom is -0.370 e. The van der Waals surface area contributed by atoms with Crippen molar-refractivity contribution in [2.75, 3.05) is 25.0 Å². The van der Waals surface area contributed by atoms with Gasteiger partial charge in [0.15, 0.2) is 5.96 Å². The number of anilines is 1. The first-order valence-electron chi connectivity index (χ1n) is 6.35. The van der Waals surface area contributed by atoms with Crippen LogP contribution in [0.3, 0.4) is 0 Å². The molecule has 1 heterocycles. The maximum absolute atomic E-state index is 12.3. The molecule has 0 saturated carbocycles. The summed E-state index contributed by atoms with van der Waals surface area (Å²) in [6.07, 6.45) is -1.22. The number of aliphatic imine (C=N–C) groups is 1. The van der Waals surface area contributed by atoms with Crippen molar-refractivity contribution in [1.82, 2.24) is 10.3 Å². The van der Waals surface area contributed by atoms with E-state index in [1.54, 1.807) is 6.08 Å². The summed E-state index contributed by atoms with van der Waals surface area (Å²) in [4.78, 5) is 7.77. The van der Waals surface area contributed by atoms with Crippen LogP contribution in [0.15, 0.2) is 36.0 Å². The lowest BCUT2D eigenvalue weighted by Gasteiger charge is -2.08. The second-order valence-electron chi connectivity index (χ2n) is 4.15. The van der Waals surface area contributed by atoms with E-state index in [0.717, 1.165) is 12.3 Å². The predicted molar refractivity (Wildman–Crippen MR) is 87.4 cm³/mol. The second-order valence-corrected chi connectivity index (χ2v) is 4.15. The predicted octanol–water partition coefficient (Wildman–Crippen LogP) is 2.57. The van der Waals surface area contributed by atoms with Gasteiger partial charge in [-0.05, 0) is 18.6 Å². The molecule has 1 rings (SSSR count). The third-order valence-electron chi connectivity index (χ3n) is 2.44.